The molecule has 3 N–H and O–H groups in total. The lowest BCUT2D eigenvalue weighted by molar-refractivity contribution is 0.248. The Labute approximate surface area is 202 Å². The number of primary amides is 1. The highest BCUT2D eigenvalue weighted by Crippen LogP contribution is 2.23. The van der Waals surface area contributed by atoms with Gasteiger partial charge < -0.3 is 20.7 Å². The Balaban J connectivity index is 0.000000273. The summed E-state index contributed by atoms with van der Waals surface area (Å²) in [7, 11) is 0. The van der Waals surface area contributed by atoms with Gasteiger partial charge in [-0.3, -0.25) is 4.39 Å². The lowest BCUT2D eigenvalue weighted by Crippen LogP contribution is -2.28. The number of nitrogens with zero attached hydrogens (tertiary/aromatic N) is 1. The summed E-state index contributed by atoms with van der Waals surface area (Å²) < 4.78 is 17.6. The summed E-state index contributed by atoms with van der Waals surface area (Å²) in [6.07, 6.45) is 5.32. The van der Waals surface area contributed by atoms with Crippen LogP contribution in [0.2, 0.25) is 5.02 Å². The highest BCUT2D eigenvalue weighted by Gasteiger charge is 2.13. The Morgan fingerprint density at radius 3 is 2.39 bits per heavy atom. The lowest BCUT2D eigenvalue weighted by atomic mass is 9.97. The molecule has 0 saturated carbocycles. The van der Waals surface area contributed by atoms with Crippen LogP contribution < -0.4 is 15.8 Å². The SMILES string of the molecule is CC(CCN1CCCC1)c1ccc(OCCCCF)cc1.NC(=O)NCc1ccc(Cl)cc1. The number of ether oxygens (including phenoxy) is 1. The molecule has 7 heteroatoms. The van der Waals surface area contributed by atoms with Crippen molar-refractivity contribution in [2.75, 3.05) is 32.9 Å². The van der Waals surface area contributed by atoms with Crippen LogP contribution in [0, 0.1) is 0 Å². The molecule has 1 heterocycles. The monoisotopic (exact) mass is 477 g/mol. The molecule has 182 valence electrons. The first-order valence-electron chi connectivity index (χ1n) is 11.8. The van der Waals surface area contributed by atoms with E-state index in [4.69, 9.17) is 22.1 Å². The standard InChI is InChI=1S/C18H28FNO.C8H9ClN2O/c1-16(10-14-20-12-3-4-13-20)17-6-8-18(9-7-17)21-15-5-2-11-19;9-7-3-1-6(2-4-7)5-11-8(10)12/h6-9,16H,2-5,10-15H2,1H3;1-4H,5H2,(H3,10,11,12). The number of carbonyl (C=O) groups is 1. The molecule has 0 bridgehead atoms. The number of benzene rings is 2. The Hall–Kier alpha value is -2.31. The zero-order valence-electron chi connectivity index (χ0n) is 19.6. The van der Waals surface area contributed by atoms with Gasteiger partial charge in [-0.15, -0.1) is 0 Å². The van der Waals surface area contributed by atoms with E-state index in [2.05, 4.69) is 29.3 Å². The number of hydrogen-bond acceptors (Lipinski definition) is 3. The third kappa shape index (κ3) is 11.4. The van der Waals surface area contributed by atoms with E-state index in [1.165, 1.54) is 44.5 Å². The summed E-state index contributed by atoms with van der Waals surface area (Å²) in [6, 6.07) is 15.1. The highest BCUT2D eigenvalue weighted by atomic mass is 35.5. The molecule has 1 atom stereocenters. The van der Waals surface area contributed by atoms with Crippen molar-refractivity contribution in [1.29, 1.82) is 0 Å². The third-order valence-corrected chi connectivity index (χ3v) is 5.95. The Morgan fingerprint density at radius 2 is 1.79 bits per heavy atom. The molecule has 33 heavy (non-hydrogen) atoms. The van der Waals surface area contributed by atoms with Crippen molar-refractivity contribution < 1.29 is 13.9 Å². The molecule has 5 nitrogen and oxygen atoms in total. The molecule has 1 unspecified atom stereocenters. The number of alkyl halides is 1. The van der Waals surface area contributed by atoms with Crippen molar-refractivity contribution in [3.63, 3.8) is 0 Å². The molecule has 2 amide bonds. The molecule has 2 aromatic carbocycles. The number of unbranched alkanes of at least 4 members (excludes halogenated alkanes) is 1. The largest absolute Gasteiger partial charge is 0.494 e. The van der Waals surface area contributed by atoms with E-state index in [0.717, 1.165) is 17.7 Å². The molecule has 0 radical (unpaired) electrons. The molecule has 0 aliphatic carbocycles. The summed E-state index contributed by atoms with van der Waals surface area (Å²) in [4.78, 5) is 12.9. The summed E-state index contributed by atoms with van der Waals surface area (Å²) >= 11 is 5.66. The van der Waals surface area contributed by atoms with Crippen LogP contribution in [0.15, 0.2) is 48.5 Å². The van der Waals surface area contributed by atoms with E-state index in [-0.39, 0.29) is 6.67 Å². The van der Waals surface area contributed by atoms with Crippen molar-refractivity contribution in [3.8, 4) is 5.75 Å². The van der Waals surface area contributed by atoms with E-state index >= 15 is 0 Å². The van der Waals surface area contributed by atoms with Gasteiger partial charge in [-0.25, -0.2) is 4.79 Å². The maximum absolute atomic E-state index is 12.0. The molecular weight excluding hydrogens is 441 g/mol. The third-order valence-electron chi connectivity index (χ3n) is 5.70. The van der Waals surface area contributed by atoms with Crippen LogP contribution in [0.5, 0.6) is 5.75 Å². The van der Waals surface area contributed by atoms with Crippen LogP contribution in [-0.2, 0) is 6.54 Å². The van der Waals surface area contributed by atoms with E-state index in [1.54, 1.807) is 12.1 Å². The van der Waals surface area contributed by atoms with Gasteiger partial charge in [0.15, 0.2) is 0 Å². The first-order valence-corrected chi connectivity index (χ1v) is 12.1. The fourth-order valence-electron chi connectivity index (χ4n) is 3.62. The fourth-order valence-corrected chi connectivity index (χ4v) is 3.75. The van der Waals surface area contributed by atoms with Crippen LogP contribution in [-0.4, -0.2) is 43.8 Å². The van der Waals surface area contributed by atoms with Gasteiger partial charge in [-0.1, -0.05) is 42.8 Å². The molecule has 1 aliphatic heterocycles. The maximum Gasteiger partial charge on any atom is 0.312 e. The highest BCUT2D eigenvalue weighted by molar-refractivity contribution is 6.30. The molecule has 1 fully saturated rings. The van der Waals surface area contributed by atoms with Crippen LogP contribution in [0.1, 0.15) is 56.1 Å². The number of nitrogens with one attached hydrogen (secondary N) is 1. The predicted molar refractivity (Wildman–Crippen MR) is 134 cm³/mol. The minimum atomic E-state index is -0.523. The lowest BCUT2D eigenvalue weighted by Gasteiger charge is -2.18. The Morgan fingerprint density at radius 1 is 1.12 bits per heavy atom. The van der Waals surface area contributed by atoms with Gasteiger partial charge in [-0.05, 0) is 93.0 Å². The summed E-state index contributed by atoms with van der Waals surface area (Å²) in [6.45, 7) is 6.85. The first kappa shape index (κ1) is 26.9. The number of urea groups is 1. The first-order chi connectivity index (χ1) is 16.0. The summed E-state index contributed by atoms with van der Waals surface area (Å²) in [5.74, 6) is 1.48. The summed E-state index contributed by atoms with van der Waals surface area (Å²) in [5.41, 5.74) is 7.24. The van der Waals surface area contributed by atoms with Gasteiger partial charge in [-0.2, -0.15) is 0 Å². The minimum absolute atomic E-state index is 0.253. The molecule has 3 rings (SSSR count). The number of halogens is 2. The summed E-state index contributed by atoms with van der Waals surface area (Å²) in [5, 5.41) is 3.16. The van der Waals surface area contributed by atoms with E-state index in [1.807, 2.05) is 24.3 Å². The molecular formula is C26H37ClFN3O2. The number of amides is 2. The van der Waals surface area contributed by atoms with Gasteiger partial charge in [0.2, 0.25) is 0 Å². The quantitative estimate of drug-likeness (QED) is 0.395. The zero-order chi connectivity index (χ0) is 23.9. The Kier molecular flexibility index (Phi) is 12.7. The topological polar surface area (TPSA) is 67.6 Å². The van der Waals surface area contributed by atoms with Crippen molar-refractivity contribution in [2.24, 2.45) is 5.73 Å². The van der Waals surface area contributed by atoms with Crippen molar-refractivity contribution in [3.05, 3.63) is 64.7 Å². The van der Waals surface area contributed by atoms with E-state index in [9.17, 15) is 9.18 Å². The number of carbonyl (C=O) groups excluding carboxylic acids is 1. The van der Waals surface area contributed by atoms with Crippen LogP contribution >= 0.6 is 11.6 Å². The van der Waals surface area contributed by atoms with Crippen LogP contribution in [0.4, 0.5) is 9.18 Å². The van der Waals surface area contributed by atoms with Crippen molar-refractivity contribution in [2.45, 2.75) is 51.5 Å². The molecule has 1 aliphatic rings. The Bertz CT molecular complexity index is 796. The van der Waals surface area contributed by atoms with Gasteiger partial charge >= 0.3 is 6.03 Å². The minimum Gasteiger partial charge on any atom is -0.494 e. The second-order valence-electron chi connectivity index (χ2n) is 8.40. The van der Waals surface area contributed by atoms with Crippen LogP contribution in [0.25, 0.3) is 0 Å². The molecule has 1 saturated heterocycles. The van der Waals surface area contributed by atoms with Gasteiger partial charge in [0.1, 0.15) is 5.75 Å². The van der Waals surface area contributed by atoms with Crippen molar-refractivity contribution >= 4 is 17.6 Å². The number of nitrogens with two attached hydrogens (primary N) is 1. The maximum atomic E-state index is 12.0. The second-order valence-corrected chi connectivity index (χ2v) is 8.83. The molecule has 2 aromatic rings. The molecule has 0 spiro atoms. The van der Waals surface area contributed by atoms with E-state index in [0.29, 0.717) is 30.5 Å². The van der Waals surface area contributed by atoms with Gasteiger partial charge in [0.25, 0.3) is 0 Å². The average molecular weight is 478 g/mol. The fraction of sp³-hybridized carbons (Fsp3) is 0.500. The van der Waals surface area contributed by atoms with Gasteiger partial charge in [0, 0.05) is 11.6 Å². The molecule has 0 aromatic heterocycles. The normalized spacial score (nSPS) is 14.3. The number of likely N-dealkylation sites (tertiary alicyclic amines) is 1. The average Bonchev–Trinajstić information content (AvgIpc) is 3.34. The predicted octanol–water partition coefficient (Wildman–Crippen LogP) is 5.91. The second kappa shape index (κ2) is 15.5. The number of rotatable bonds is 11. The number of hydrogen-bond donors (Lipinski definition) is 2. The smallest absolute Gasteiger partial charge is 0.312 e. The van der Waals surface area contributed by atoms with Crippen LogP contribution in [0.3, 0.4) is 0 Å². The zero-order valence-corrected chi connectivity index (χ0v) is 20.3. The van der Waals surface area contributed by atoms with Gasteiger partial charge in [0.05, 0.1) is 13.3 Å². The van der Waals surface area contributed by atoms with Crippen molar-refractivity contribution in [1.82, 2.24) is 10.2 Å². The van der Waals surface area contributed by atoms with E-state index < -0.39 is 6.03 Å².